The van der Waals surface area contributed by atoms with Crippen LogP contribution in [0.15, 0.2) is 28.3 Å². The number of nitrogens with zero attached hydrogens (tertiary/aromatic N) is 2. The van der Waals surface area contributed by atoms with Gasteiger partial charge in [-0.2, -0.15) is 5.10 Å². The fourth-order valence-electron chi connectivity index (χ4n) is 2.46. The number of anilines is 1. The van der Waals surface area contributed by atoms with Gasteiger partial charge in [-0.15, -0.1) is 11.3 Å². The molecule has 6 heteroatoms. The molecule has 108 valence electrons. The molecule has 1 aliphatic heterocycles. The molecule has 1 aliphatic rings. The van der Waals surface area contributed by atoms with Crippen LogP contribution in [0.3, 0.4) is 0 Å². The molecule has 2 aromatic heterocycles. The molecule has 3 rings (SSSR count). The zero-order valence-corrected chi connectivity index (χ0v) is 13.8. The molecule has 0 spiro atoms. The van der Waals surface area contributed by atoms with Crippen molar-refractivity contribution in [1.29, 1.82) is 0 Å². The SMILES string of the molecule is CC(Nc1cnn(CC2CCCO2)c1)c1sccc1Br. The standard InChI is InChI=1S/C14H18BrN3OS/c1-10(14-13(15)4-6-20-14)17-11-7-16-18(8-11)9-12-3-2-5-19-12/h4,6-8,10,12,17H,2-3,5,9H2,1H3. The van der Waals surface area contributed by atoms with Crippen molar-refractivity contribution < 1.29 is 4.74 Å². The van der Waals surface area contributed by atoms with Crippen molar-refractivity contribution in [3.8, 4) is 0 Å². The Kier molecular flexibility index (Phi) is 4.43. The Morgan fingerprint density at radius 1 is 1.65 bits per heavy atom. The van der Waals surface area contributed by atoms with Gasteiger partial charge in [0.15, 0.2) is 0 Å². The number of aromatic nitrogens is 2. The molecule has 2 atom stereocenters. The monoisotopic (exact) mass is 355 g/mol. The summed E-state index contributed by atoms with van der Waals surface area (Å²) < 4.78 is 8.76. The van der Waals surface area contributed by atoms with Crippen molar-refractivity contribution in [2.75, 3.05) is 11.9 Å². The molecule has 0 amide bonds. The first-order valence-electron chi connectivity index (χ1n) is 6.86. The quantitative estimate of drug-likeness (QED) is 0.878. The molecule has 4 nitrogen and oxygen atoms in total. The molecule has 0 aromatic carbocycles. The van der Waals surface area contributed by atoms with E-state index in [1.807, 2.05) is 10.9 Å². The molecule has 1 N–H and O–H groups in total. The lowest BCUT2D eigenvalue weighted by Gasteiger charge is -2.12. The Labute approximate surface area is 131 Å². The molecular formula is C14H18BrN3OS. The van der Waals surface area contributed by atoms with Crippen LogP contribution >= 0.6 is 27.3 Å². The van der Waals surface area contributed by atoms with E-state index in [9.17, 15) is 0 Å². The number of hydrogen-bond acceptors (Lipinski definition) is 4. The number of halogens is 1. The highest BCUT2D eigenvalue weighted by Gasteiger charge is 2.17. The minimum absolute atomic E-state index is 0.268. The van der Waals surface area contributed by atoms with Gasteiger partial charge in [-0.25, -0.2) is 0 Å². The second-order valence-corrected chi connectivity index (χ2v) is 6.89. The Balaban J connectivity index is 1.60. The van der Waals surface area contributed by atoms with E-state index in [0.717, 1.165) is 29.7 Å². The van der Waals surface area contributed by atoms with Crippen LogP contribution in [0.25, 0.3) is 0 Å². The Bertz CT molecular complexity index is 562. The number of rotatable bonds is 5. The van der Waals surface area contributed by atoms with Gasteiger partial charge < -0.3 is 10.1 Å². The van der Waals surface area contributed by atoms with Crippen molar-refractivity contribution in [3.63, 3.8) is 0 Å². The van der Waals surface area contributed by atoms with Crippen LogP contribution in [0, 0.1) is 0 Å². The van der Waals surface area contributed by atoms with Crippen molar-refractivity contribution in [3.05, 3.63) is 33.2 Å². The third-order valence-corrected chi connectivity index (χ3v) is 5.52. The normalized spacial score (nSPS) is 20.2. The van der Waals surface area contributed by atoms with Crippen molar-refractivity contribution in [2.24, 2.45) is 0 Å². The summed E-state index contributed by atoms with van der Waals surface area (Å²) >= 11 is 5.33. The van der Waals surface area contributed by atoms with Crippen molar-refractivity contribution in [1.82, 2.24) is 9.78 Å². The van der Waals surface area contributed by atoms with Gasteiger partial charge in [0.1, 0.15) is 0 Å². The van der Waals surface area contributed by atoms with Crippen LogP contribution in [0.4, 0.5) is 5.69 Å². The van der Waals surface area contributed by atoms with E-state index in [2.05, 4.69) is 50.9 Å². The van der Waals surface area contributed by atoms with E-state index in [4.69, 9.17) is 4.74 Å². The summed E-state index contributed by atoms with van der Waals surface area (Å²) in [6, 6.07) is 2.35. The number of thiophene rings is 1. The summed E-state index contributed by atoms with van der Waals surface area (Å²) in [6.07, 6.45) is 6.57. The zero-order chi connectivity index (χ0) is 13.9. The topological polar surface area (TPSA) is 39.1 Å². The average Bonchev–Trinajstić information content (AvgIpc) is 3.12. The van der Waals surface area contributed by atoms with Gasteiger partial charge in [0.05, 0.1) is 30.6 Å². The zero-order valence-electron chi connectivity index (χ0n) is 11.4. The first-order chi connectivity index (χ1) is 9.72. The molecule has 20 heavy (non-hydrogen) atoms. The lowest BCUT2D eigenvalue weighted by atomic mass is 10.2. The summed E-state index contributed by atoms with van der Waals surface area (Å²) in [7, 11) is 0. The maximum absolute atomic E-state index is 5.64. The lowest BCUT2D eigenvalue weighted by Crippen LogP contribution is -2.15. The minimum atomic E-state index is 0.268. The summed E-state index contributed by atoms with van der Waals surface area (Å²) in [5.41, 5.74) is 1.05. The maximum atomic E-state index is 5.64. The lowest BCUT2D eigenvalue weighted by molar-refractivity contribution is 0.0940. The van der Waals surface area contributed by atoms with E-state index in [1.165, 1.54) is 11.3 Å². The Hall–Kier alpha value is -0.850. The van der Waals surface area contributed by atoms with Crippen LogP contribution in [0.1, 0.15) is 30.7 Å². The summed E-state index contributed by atoms with van der Waals surface area (Å²) in [5, 5.41) is 9.98. The van der Waals surface area contributed by atoms with Crippen LogP contribution in [-0.4, -0.2) is 22.5 Å². The van der Waals surface area contributed by atoms with Crippen molar-refractivity contribution >= 4 is 33.0 Å². The van der Waals surface area contributed by atoms with Gasteiger partial charge in [-0.1, -0.05) is 0 Å². The highest BCUT2D eigenvalue weighted by molar-refractivity contribution is 9.10. The Morgan fingerprint density at radius 2 is 2.55 bits per heavy atom. The molecule has 3 heterocycles. The van der Waals surface area contributed by atoms with Crippen LogP contribution in [0.2, 0.25) is 0 Å². The first kappa shape index (κ1) is 14.1. The highest BCUT2D eigenvalue weighted by Crippen LogP contribution is 2.30. The molecule has 0 aliphatic carbocycles. The van der Waals surface area contributed by atoms with E-state index in [-0.39, 0.29) is 6.04 Å². The molecule has 0 saturated carbocycles. The predicted molar refractivity (Wildman–Crippen MR) is 85.3 cm³/mol. The summed E-state index contributed by atoms with van der Waals surface area (Å²) in [5.74, 6) is 0. The van der Waals surface area contributed by atoms with E-state index in [0.29, 0.717) is 6.10 Å². The number of hydrogen-bond donors (Lipinski definition) is 1. The molecule has 1 saturated heterocycles. The van der Waals surface area contributed by atoms with Gasteiger partial charge in [0.2, 0.25) is 0 Å². The van der Waals surface area contributed by atoms with Crippen molar-refractivity contribution in [2.45, 2.75) is 38.5 Å². The molecule has 2 aromatic rings. The minimum Gasteiger partial charge on any atom is -0.376 e. The van der Waals surface area contributed by atoms with Gasteiger partial charge >= 0.3 is 0 Å². The molecular weight excluding hydrogens is 338 g/mol. The fourth-order valence-corrected chi connectivity index (χ4v) is 4.19. The maximum Gasteiger partial charge on any atom is 0.0771 e. The van der Waals surface area contributed by atoms with Gasteiger partial charge in [0, 0.05) is 22.2 Å². The first-order valence-corrected chi connectivity index (χ1v) is 8.53. The van der Waals surface area contributed by atoms with Crippen LogP contribution in [0.5, 0.6) is 0 Å². The largest absolute Gasteiger partial charge is 0.376 e. The van der Waals surface area contributed by atoms with Gasteiger partial charge in [0.25, 0.3) is 0 Å². The van der Waals surface area contributed by atoms with E-state index < -0.39 is 0 Å². The highest BCUT2D eigenvalue weighted by atomic mass is 79.9. The molecule has 0 bridgehead atoms. The van der Waals surface area contributed by atoms with Crippen LogP contribution in [-0.2, 0) is 11.3 Å². The fraction of sp³-hybridized carbons (Fsp3) is 0.500. The Morgan fingerprint density at radius 3 is 3.25 bits per heavy atom. The molecule has 0 radical (unpaired) electrons. The number of ether oxygens (including phenoxy) is 1. The molecule has 2 unspecified atom stereocenters. The summed E-state index contributed by atoms with van der Waals surface area (Å²) in [4.78, 5) is 1.30. The number of nitrogens with one attached hydrogen (secondary N) is 1. The predicted octanol–water partition coefficient (Wildman–Crippen LogP) is 4.06. The second-order valence-electron chi connectivity index (χ2n) is 5.08. The second kappa shape index (κ2) is 6.28. The average molecular weight is 356 g/mol. The van der Waals surface area contributed by atoms with E-state index >= 15 is 0 Å². The third-order valence-electron chi connectivity index (χ3n) is 3.47. The van der Waals surface area contributed by atoms with Gasteiger partial charge in [-0.3, -0.25) is 4.68 Å². The van der Waals surface area contributed by atoms with Crippen LogP contribution < -0.4 is 5.32 Å². The van der Waals surface area contributed by atoms with E-state index in [1.54, 1.807) is 11.3 Å². The van der Waals surface area contributed by atoms with Gasteiger partial charge in [-0.05, 0) is 47.1 Å². The third kappa shape index (κ3) is 3.24. The molecule has 1 fully saturated rings. The smallest absolute Gasteiger partial charge is 0.0771 e. The summed E-state index contributed by atoms with van der Waals surface area (Å²) in [6.45, 7) is 3.90.